The number of hydrogen-bond acceptors (Lipinski definition) is 5. The molecule has 32 heavy (non-hydrogen) atoms. The van der Waals surface area contributed by atoms with Gasteiger partial charge < -0.3 is 9.80 Å². The van der Waals surface area contributed by atoms with Crippen LogP contribution in [0.4, 0.5) is 5.95 Å². The molecule has 1 aliphatic heterocycles. The van der Waals surface area contributed by atoms with Gasteiger partial charge in [-0.3, -0.25) is 9.48 Å². The van der Waals surface area contributed by atoms with E-state index in [1.807, 2.05) is 17.0 Å². The highest BCUT2D eigenvalue weighted by atomic mass is 35.5. The first-order valence-corrected chi connectivity index (χ1v) is 11.3. The zero-order valence-corrected chi connectivity index (χ0v) is 19.9. The lowest BCUT2D eigenvalue weighted by Gasteiger charge is -2.34. The Morgan fingerprint density at radius 3 is 2.34 bits per heavy atom. The molecule has 1 aliphatic rings. The number of hydrogen-bond donors (Lipinski definition) is 0. The molecular weight excluding hydrogens is 447 g/mol. The van der Waals surface area contributed by atoms with Crippen molar-refractivity contribution in [3.63, 3.8) is 0 Å². The maximum absolute atomic E-state index is 13.5. The van der Waals surface area contributed by atoms with Gasteiger partial charge in [-0.05, 0) is 29.8 Å². The summed E-state index contributed by atoms with van der Waals surface area (Å²) in [5.41, 5.74) is 2.10. The van der Waals surface area contributed by atoms with Gasteiger partial charge in [-0.25, -0.2) is 9.97 Å². The van der Waals surface area contributed by atoms with Gasteiger partial charge in [0, 0.05) is 54.0 Å². The summed E-state index contributed by atoms with van der Waals surface area (Å²) in [4.78, 5) is 26.1. The van der Waals surface area contributed by atoms with Crippen LogP contribution in [0.2, 0.25) is 10.0 Å². The topological polar surface area (TPSA) is 67.2 Å². The largest absolute Gasteiger partial charge is 0.337 e. The molecule has 0 N–H and O–H groups in total. The smallest absolute Gasteiger partial charge is 0.272 e. The number of carbonyl (C=O) groups excluding carboxylic acids is 1. The van der Waals surface area contributed by atoms with Crippen LogP contribution in [0.15, 0.2) is 42.7 Å². The van der Waals surface area contributed by atoms with E-state index in [4.69, 9.17) is 28.3 Å². The minimum absolute atomic E-state index is 0.0354. The number of halogens is 2. The van der Waals surface area contributed by atoms with Crippen LogP contribution in [0.1, 0.15) is 42.5 Å². The predicted molar refractivity (Wildman–Crippen MR) is 127 cm³/mol. The van der Waals surface area contributed by atoms with Crippen LogP contribution in [0.3, 0.4) is 0 Å². The summed E-state index contributed by atoms with van der Waals surface area (Å²) in [5, 5.41) is 5.90. The summed E-state index contributed by atoms with van der Waals surface area (Å²) in [6.45, 7) is 9.19. The average molecular weight is 473 g/mol. The van der Waals surface area contributed by atoms with Crippen LogP contribution >= 0.6 is 23.2 Å². The molecule has 168 valence electrons. The molecule has 7 nitrogen and oxygen atoms in total. The highest BCUT2D eigenvalue weighted by Crippen LogP contribution is 2.26. The van der Waals surface area contributed by atoms with E-state index in [0.29, 0.717) is 54.4 Å². The number of nitrogens with zero attached hydrogens (tertiary/aromatic N) is 6. The molecule has 1 aromatic carbocycles. The number of benzene rings is 1. The van der Waals surface area contributed by atoms with Gasteiger partial charge in [0.1, 0.15) is 5.69 Å². The maximum Gasteiger partial charge on any atom is 0.272 e. The Morgan fingerprint density at radius 1 is 1.03 bits per heavy atom. The molecule has 0 unspecified atom stereocenters. The van der Waals surface area contributed by atoms with Crippen LogP contribution in [0.25, 0.3) is 0 Å². The van der Waals surface area contributed by atoms with Gasteiger partial charge in [-0.15, -0.1) is 0 Å². The van der Waals surface area contributed by atoms with Crippen LogP contribution in [-0.4, -0.2) is 56.7 Å². The van der Waals surface area contributed by atoms with Crippen LogP contribution in [0, 0.1) is 0 Å². The summed E-state index contributed by atoms with van der Waals surface area (Å²) in [6.07, 6.45) is 3.46. The Balaban J connectivity index is 1.56. The normalized spacial score (nSPS) is 14.7. The molecule has 0 bridgehead atoms. The fourth-order valence-corrected chi connectivity index (χ4v) is 4.08. The van der Waals surface area contributed by atoms with Gasteiger partial charge in [-0.2, -0.15) is 5.10 Å². The zero-order chi connectivity index (χ0) is 22.9. The van der Waals surface area contributed by atoms with Crippen molar-refractivity contribution < 1.29 is 4.79 Å². The van der Waals surface area contributed by atoms with Crippen LogP contribution in [-0.2, 0) is 12.0 Å². The van der Waals surface area contributed by atoms with Crippen molar-refractivity contribution in [3.05, 3.63) is 69.7 Å². The number of aromatic nitrogens is 4. The average Bonchev–Trinajstić information content (AvgIpc) is 3.20. The van der Waals surface area contributed by atoms with E-state index in [-0.39, 0.29) is 11.3 Å². The summed E-state index contributed by atoms with van der Waals surface area (Å²) in [6, 6.07) is 9.07. The quantitative estimate of drug-likeness (QED) is 0.566. The van der Waals surface area contributed by atoms with Crippen molar-refractivity contribution in [2.24, 2.45) is 0 Å². The van der Waals surface area contributed by atoms with E-state index >= 15 is 0 Å². The zero-order valence-electron chi connectivity index (χ0n) is 18.4. The summed E-state index contributed by atoms with van der Waals surface area (Å²) in [5.74, 6) is 0.656. The van der Waals surface area contributed by atoms with Crippen molar-refractivity contribution in [1.29, 1.82) is 0 Å². The summed E-state index contributed by atoms with van der Waals surface area (Å²) in [7, 11) is 0. The number of piperazine rings is 1. The number of carbonyl (C=O) groups is 1. The van der Waals surface area contributed by atoms with Crippen molar-refractivity contribution >= 4 is 35.1 Å². The second-order valence-corrected chi connectivity index (χ2v) is 9.73. The minimum atomic E-state index is -0.187. The highest BCUT2D eigenvalue weighted by molar-refractivity contribution is 6.35. The Hall–Kier alpha value is -2.64. The molecule has 4 rings (SSSR count). The standard InChI is InChI=1S/C23H26Cl2N6O/c1-23(2,3)20-14-19(31(28-20)15-16-5-6-17(24)13-18(16)25)21(32)29-9-11-30(12-10-29)22-26-7-4-8-27-22/h4-8,13-14H,9-12,15H2,1-3H3. The molecule has 1 fully saturated rings. The summed E-state index contributed by atoms with van der Waals surface area (Å²) >= 11 is 12.4. The van der Waals surface area contributed by atoms with E-state index in [1.54, 1.807) is 35.3 Å². The van der Waals surface area contributed by atoms with E-state index < -0.39 is 0 Å². The molecule has 1 saturated heterocycles. The number of rotatable bonds is 4. The number of anilines is 1. The minimum Gasteiger partial charge on any atom is -0.337 e. The second kappa shape index (κ2) is 9.08. The molecule has 1 amide bonds. The van der Waals surface area contributed by atoms with Crippen molar-refractivity contribution in [2.45, 2.75) is 32.7 Å². The lowest BCUT2D eigenvalue weighted by atomic mass is 9.92. The van der Waals surface area contributed by atoms with Crippen molar-refractivity contribution in [1.82, 2.24) is 24.6 Å². The lowest BCUT2D eigenvalue weighted by molar-refractivity contribution is 0.0734. The van der Waals surface area contributed by atoms with Crippen LogP contribution in [0.5, 0.6) is 0 Å². The Labute approximate surface area is 198 Å². The fourth-order valence-electron chi connectivity index (χ4n) is 3.61. The first kappa shape index (κ1) is 22.6. The number of amides is 1. The van der Waals surface area contributed by atoms with Gasteiger partial charge >= 0.3 is 0 Å². The molecule has 0 aliphatic carbocycles. The van der Waals surface area contributed by atoms with Gasteiger partial charge in [0.2, 0.25) is 5.95 Å². The molecule has 0 atom stereocenters. The third-order valence-electron chi connectivity index (χ3n) is 5.50. The molecule has 3 heterocycles. The third-order valence-corrected chi connectivity index (χ3v) is 6.09. The van der Waals surface area contributed by atoms with Gasteiger partial charge in [0.05, 0.1) is 12.2 Å². The molecular formula is C23H26Cl2N6O. The Bertz CT molecular complexity index is 1100. The SMILES string of the molecule is CC(C)(C)c1cc(C(=O)N2CCN(c3ncccn3)CC2)n(Cc2ccc(Cl)cc2Cl)n1. The van der Waals surface area contributed by atoms with Gasteiger partial charge in [0.25, 0.3) is 5.91 Å². The Kier molecular flexibility index (Phi) is 6.40. The van der Waals surface area contributed by atoms with Gasteiger partial charge in [-0.1, -0.05) is 50.0 Å². The van der Waals surface area contributed by atoms with Gasteiger partial charge in [0.15, 0.2) is 0 Å². The molecule has 0 saturated carbocycles. The molecule has 0 radical (unpaired) electrons. The maximum atomic E-state index is 13.5. The lowest BCUT2D eigenvalue weighted by Crippen LogP contribution is -2.49. The van der Waals surface area contributed by atoms with E-state index in [2.05, 4.69) is 35.6 Å². The first-order valence-electron chi connectivity index (χ1n) is 10.6. The highest BCUT2D eigenvalue weighted by Gasteiger charge is 2.28. The monoisotopic (exact) mass is 472 g/mol. The van der Waals surface area contributed by atoms with Crippen molar-refractivity contribution in [2.75, 3.05) is 31.1 Å². The Morgan fingerprint density at radius 2 is 1.72 bits per heavy atom. The molecule has 2 aromatic heterocycles. The second-order valence-electron chi connectivity index (χ2n) is 8.89. The van der Waals surface area contributed by atoms with Crippen molar-refractivity contribution in [3.8, 4) is 0 Å². The summed E-state index contributed by atoms with van der Waals surface area (Å²) < 4.78 is 1.75. The molecule has 0 spiro atoms. The molecule has 3 aromatic rings. The van der Waals surface area contributed by atoms with E-state index in [9.17, 15) is 4.79 Å². The predicted octanol–water partition coefficient (Wildman–Crippen LogP) is 4.29. The first-order chi connectivity index (χ1) is 15.2. The molecule has 9 heteroatoms. The fraction of sp³-hybridized carbons (Fsp3) is 0.391. The third kappa shape index (κ3) is 4.89. The van der Waals surface area contributed by atoms with Crippen LogP contribution < -0.4 is 4.90 Å². The van der Waals surface area contributed by atoms with E-state index in [1.165, 1.54) is 0 Å². The van der Waals surface area contributed by atoms with E-state index in [0.717, 1.165) is 11.3 Å².